The number of allylic oxidation sites excluding steroid dienone is 1. The van der Waals surface area contributed by atoms with Gasteiger partial charge in [0.05, 0.1) is 23.8 Å². The maximum absolute atomic E-state index is 14.0. The number of hydrogen-bond acceptors (Lipinski definition) is 7. The molecular formula is C26H28F7N5O3. The lowest BCUT2D eigenvalue weighted by Crippen LogP contribution is -2.46. The van der Waals surface area contributed by atoms with Gasteiger partial charge < -0.3 is 20.9 Å². The lowest BCUT2D eigenvalue weighted by molar-refractivity contribution is -0.143. The molecule has 3 rings (SSSR count). The van der Waals surface area contributed by atoms with Crippen LogP contribution in [-0.4, -0.2) is 74.7 Å². The van der Waals surface area contributed by atoms with Crippen LogP contribution in [0.1, 0.15) is 16.7 Å². The normalized spacial score (nSPS) is 16.2. The smallest absolute Gasteiger partial charge is 0.409 e. The van der Waals surface area contributed by atoms with E-state index >= 15 is 0 Å². The van der Waals surface area contributed by atoms with Gasteiger partial charge in [-0.2, -0.15) is 26.3 Å². The first-order valence-electron chi connectivity index (χ1n) is 12.3. The molecule has 1 unspecified atom stereocenters. The first-order chi connectivity index (χ1) is 19.2. The van der Waals surface area contributed by atoms with Crippen molar-refractivity contribution in [2.24, 2.45) is 10.7 Å². The zero-order chi connectivity index (χ0) is 30.4. The number of benzene rings is 2. The molecular weight excluding hydrogens is 563 g/mol. The minimum atomic E-state index is -5.38. The number of carbonyl (C=O) groups is 1. The number of nitrogens with zero attached hydrogens (tertiary/aromatic N) is 3. The molecule has 15 heteroatoms. The van der Waals surface area contributed by atoms with Crippen LogP contribution in [0.4, 0.5) is 41.2 Å². The van der Waals surface area contributed by atoms with Crippen molar-refractivity contribution in [1.82, 2.24) is 10.2 Å². The molecule has 8 nitrogen and oxygen atoms in total. The van der Waals surface area contributed by atoms with Gasteiger partial charge in [0.1, 0.15) is 5.82 Å². The van der Waals surface area contributed by atoms with Crippen LogP contribution in [0.15, 0.2) is 47.6 Å². The summed E-state index contributed by atoms with van der Waals surface area (Å²) >= 11 is 0. The fourth-order valence-electron chi connectivity index (χ4n) is 3.98. The van der Waals surface area contributed by atoms with Gasteiger partial charge in [-0.05, 0) is 36.4 Å². The van der Waals surface area contributed by atoms with Gasteiger partial charge in [-0.25, -0.2) is 9.18 Å². The number of β-amino-alcohol motifs (C(OH)–C–C–N with tert-alkyl or cyclic N) is 1. The number of hydrogen-bond donors (Lipinski definition) is 3. The molecule has 0 aliphatic carbocycles. The first kappa shape index (κ1) is 31.8. The van der Waals surface area contributed by atoms with E-state index < -0.39 is 58.4 Å². The summed E-state index contributed by atoms with van der Waals surface area (Å²) in [7, 11) is 1.12. The van der Waals surface area contributed by atoms with Crippen LogP contribution in [0, 0.1) is 5.82 Å². The average molecular weight is 592 g/mol. The highest BCUT2D eigenvalue weighted by Crippen LogP contribution is 2.44. The molecule has 0 spiro atoms. The minimum Gasteiger partial charge on any atom is -0.409 e. The van der Waals surface area contributed by atoms with Gasteiger partial charge in [0.25, 0.3) is 0 Å². The van der Waals surface area contributed by atoms with Crippen molar-refractivity contribution in [2.75, 3.05) is 51.2 Å². The zero-order valence-corrected chi connectivity index (χ0v) is 21.8. The van der Waals surface area contributed by atoms with Crippen LogP contribution in [0.2, 0.25) is 0 Å². The van der Waals surface area contributed by atoms with Gasteiger partial charge in [0, 0.05) is 69.0 Å². The van der Waals surface area contributed by atoms with Crippen molar-refractivity contribution in [3.63, 3.8) is 0 Å². The van der Waals surface area contributed by atoms with E-state index in [1.165, 1.54) is 0 Å². The molecule has 41 heavy (non-hydrogen) atoms. The number of amides is 1. The minimum absolute atomic E-state index is 0.0352. The lowest BCUT2D eigenvalue weighted by atomic mass is 9.98. The van der Waals surface area contributed by atoms with Crippen molar-refractivity contribution >= 4 is 23.6 Å². The number of piperazine rings is 1. The largest absolute Gasteiger partial charge is 0.420 e. The number of halogens is 7. The standard InChI is InChI=1S/C26H28F7N5O3/c1-37(19-4-2-18(27)3-5-19)24(40)41-23-21(10-17(25(28,29)30)11-22(23)26(31,32)33)16(12-34)13-36-14-20(39)15-38-8-6-35-7-9-38/h2-5,10-13,20,35,39H,6-9,14-15,34H2,1H3/b16-12+,36-13?. The summed E-state index contributed by atoms with van der Waals surface area (Å²) in [6.45, 7) is 2.84. The van der Waals surface area contributed by atoms with Crippen molar-refractivity contribution in [3.05, 3.63) is 65.1 Å². The number of aliphatic hydroxyl groups excluding tert-OH is 1. The van der Waals surface area contributed by atoms with E-state index in [4.69, 9.17) is 10.5 Å². The molecule has 224 valence electrons. The van der Waals surface area contributed by atoms with E-state index in [0.29, 0.717) is 25.4 Å². The Morgan fingerprint density at radius 2 is 1.78 bits per heavy atom. The summed E-state index contributed by atoms with van der Waals surface area (Å²) in [5.41, 5.74) is 0.824. The summed E-state index contributed by atoms with van der Waals surface area (Å²) in [6.07, 6.45) is -11.3. The molecule has 2 aromatic rings. The molecule has 1 heterocycles. The second-order valence-electron chi connectivity index (χ2n) is 9.12. The Balaban J connectivity index is 1.98. The number of rotatable bonds is 8. The monoisotopic (exact) mass is 591 g/mol. The van der Waals surface area contributed by atoms with E-state index in [1.54, 1.807) is 0 Å². The molecule has 0 saturated carbocycles. The SMILES string of the molecule is CN(C(=O)Oc1c(/C(C=NCC(O)CN2CCNCC2)=C/N)cc(C(F)(F)F)cc1C(F)(F)F)c1ccc(F)cc1. The molecule has 4 N–H and O–H groups in total. The Morgan fingerprint density at radius 1 is 1.15 bits per heavy atom. The van der Waals surface area contributed by atoms with Gasteiger partial charge in [0.2, 0.25) is 0 Å². The Kier molecular flexibility index (Phi) is 10.3. The topological polar surface area (TPSA) is 103 Å². The number of alkyl halides is 6. The van der Waals surface area contributed by atoms with Gasteiger partial charge in [-0.3, -0.25) is 14.8 Å². The van der Waals surface area contributed by atoms with Crippen molar-refractivity contribution in [1.29, 1.82) is 0 Å². The Labute approximate surface area is 230 Å². The highest BCUT2D eigenvalue weighted by atomic mass is 19.4. The lowest BCUT2D eigenvalue weighted by Gasteiger charge is -2.28. The number of carbonyl (C=O) groups excluding carboxylic acids is 1. The quantitative estimate of drug-likeness (QED) is 0.315. The number of nitrogens with two attached hydrogens (primary N) is 1. The van der Waals surface area contributed by atoms with Crippen molar-refractivity contribution in [2.45, 2.75) is 18.5 Å². The number of ether oxygens (including phenoxy) is 1. The second kappa shape index (κ2) is 13.3. The molecule has 0 radical (unpaired) electrons. The predicted octanol–water partition coefficient (Wildman–Crippen LogP) is 4.14. The van der Waals surface area contributed by atoms with Crippen LogP contribution in [-0.2, 0) is 12.4 Å². The molecule has 1 aliphatic heterocycles. The van der Waals surface area contributed by atoms with Gasteiger partial charge in [0.15, 0.2) is 5.75 Å². The van der Waals surface area contributed by atoms with Crippen LogP contribution >= 0.6 is 0 Å². The van der Waals surface area contributed by atoms with Crippen LogP contribution in [0.3, 0.4) is 0 Å². The van der Waals surface area contributed by atoms with Crippen LogP contribution in [0.25, 0.3) is 5.57 Å². The summed E-state index contributed by atoms with van der Waals surface area (Å²) in [4.78, 5) is 19.5. The summed E-state index contributed by atoms with van der Waals surface area (Å²) in [5.74, 6) is -1.89. The fourth-order valence-corrected chi connectivity index (χ4v) is 3.98. The third-order valence-corrected chi connectivity index (χ3v) is 6.11. The maximum Gasteiger partial charge on any atom is 0.420 e. The molecule has 1 aliphatic rings. The number of aliphatic hydroxyl groups is 1. The second-order valence-corrected chi connectivity index (χ2v) is 9.12. The Bertz CT molecular complexity index is 1260. The zero-order valence-electron chi connectivity index (χ0n) is 21.8. The van der Waals surface area contributed by atoms with E-state index in [2.05, 4.69) is 10.3 Å². The van der Waals surface area contributed by atoms with E-state index in [0.717, 1.165) is 55.5 Å². The van der Waals surface area contributed by atoms with E-state index in [9.17, 15) is 40.6 Å². The van der Waals surface area contributed by atoms with E-state index in [1.807, 2.05) is 4.90 Å². The van der Waals surface area contributed by atoms with Crippen LogP contribution < -0.4 is 20.7 Å². The molecule has 1 amide bonds. The third-order valence-electron chi connectivity index (χ3n) is 6.11. The first-order valence-corrected chi connectivity index (χ1v) is 12.3. The Morgan fingerprint density at radius 3 is 2.34 bits per heavy atom. The predicted molar refractivity (Wildman–Crippen MR) is 138 cm³/mol. The molecule has 1 atom stereocenters. The van der Waals surface area contributed by atoms with E-state index in [-0.39, 0.29) is 24.8 Å². The maximum atomic E-state index is 14.0. The summed E-state index contributed by atoms with van der Waals surface area (Å²) < 4.78 is 101. The van der Waals surface area contributed by atoms with Gasteiger partial charge in [-0.1, -0.05) is 0 Å². The molecule has 1 saturated heterocycles. The van der Waals surface area contributed by atoms with Gasteiger partial charge in [-0.15, -0.1) is 0 Å². The highest BCUT2D eigenvalue weighted by molar-refractivity contribution is 6.11. The van der Waals surface area contributed by atoms with Crippen molar-refractivity contribution < 1.29 is 45.4 Å². The van der Waals surface area contributed by atoms with Gasteiger partial charge >= 0.3 is 18.4 Å². The van der Waals surface area contributed by atoms with Crippen molar-refractivity contribution in [3.8, 4) is 5.75 Å². The Hall–Kier alpha value is -3.69. The highest BCUT2D eigenvalue weighted by Gasteiger charge is 2.41. The number of nitrogens with one attached hydrogen (secondary N) is 1. The molecule has 1 fully saturated rings. The number of aliphatic imine (C=N–C) groups is 1. The number of anilines is 1. The average Bonchev–Trinajstić information content (AvgIpc) is 2.90. The molecule has 0 aromatic heterocycles. The summed E-state index contributed by atoms with van der Waals surface area (Å²) in [6, 6.07) is 4.47. The third kappa shape index (κ3) is 8.65. The summed E-state index contributed by atoms with van der Waals surface area (Å²) in [5, 5.41) is 13.4. The van der Waals surface area contributed by atoms with Crippen LogP contribution in [0.5, 0.6) is 5.75 Å². The molecule has 2 aromatic carbocycles. The fraction of sp³-hybridized carbons (Fsp3) is 0.385. The molecule has 0 bridgehead atoms.